The summed E-state index contributed by atoms with van der Waals surface area (Å²) in [5, 5.41) is 0. The largest absolute Gasteiger partial charge is 0.362 e. The van der Waals surface area contributed by atoms with Gasteiger partial charge in [-0.25, -0.2) is 0 Å². The molecule has 0 aromatic heterocycles. The number of rotatable bonds is 9. The summed E-state index contributed by atoms with van der Waals surface area (Å²) in [6.07, 6.45) is 6.13. The molecule has 92 valence electrons. The molecule has 0 saturated carbocycles. The van der Waals surface area contributed by atoms with Crippen molar-refractivity contribution >= 4 is 11.6 Å². The van der Waals surface area contributed by atoms with E-state index in [2.05, 4.69) is 27.7 Å². The van der Waals surface area contributed by atoms with Gasteiger partial charge in [0, 0.05) is 0 Å². The zero-order chi connectivity index (χ0) is 11.7. The van der Waals surface area contributed by atoms with Crippen LogP contribution in [0.15, 0.2) is 0 Å². The molecule has 0 rings (SSSR count). The lowest BCUT2D eigenvalue weighted by molar-refractivity contribution is 0.0431. The summed E-state index contributed by atoms with van der Waals surface area (Å²) in [5.74, 6) is 1.14. The lowest BCUT2D eigenvalue weighted by atomic mass is 10.0. The van der Waals surface area contributed by atoms with Crippen LogP contribution in [0.1, 0.15) is 59.8 Å². The van der Waals surface area contributed by atoms with Gasteiger partial charge in [0.1, 0.15) is 5.56 Å². The van der Waals surface area contributed by atoms with E-state index in [1.54, 1.807) is 0 Å². The van der Waals surface area contributed by atoms with Crippen LogP contribution in [0.5, 0.6) is 0 Å². The third kappa shape index (κ3) is 7.19. The summed E-state index contributed by atoms with van der Waals surface area (Å²) in [6, 6.07) is 0. The fourth-order valence-corrected chi connectivity index (χ4v) is 1.73. The van der Waals surface area contributed by atoms with Gasteiger partial charge in [0.25, 0.3) is 0 Å². The van der Waals surface area contributed by atoms with E-state index in [0.717, 1.165) is 13.0 Å². The molecule has 0 N–H and O–H groups in total. The zero-order valence-electron chi connectivity index (χ0n) is 10.8. The molecule has 0 aliphatic carbocycles. The molecular weight excluding hydrogens is 208 g/mol. The van der Waals surface area contributed by atoms with Crippen molar-refractivity contribution in [2.24, 2.45) is 11.8 Å². The van der Waals surface area contributed by atoms with E-state index in [1.165, 1.54) is 25.7 Å². The standard InChI is InChI=1S/C13H27ClO/c1-5-8-9-12(7-3)10-15-13(14)11(4)6-2/h11-13H,5-10H2,1-4H3. The van der Waals surface area contributed by atoms with Crippen molar-refractivity contribution in [3.05, 3.63) is 0 Å². The van der Waals surface area contributed by atoms with Crippen LogP contribution in [0.2, 0.25) is 0 Å². The highest BCUT2D eigenvalue weighted by Gasteiger charge is 2.15. The quantitative estimate of drug-likeness (QED) is 0.520. The monoisotopic (exact) mass is 234 g/mol. The highest BCUT2D eigenvalue weighted by atomic mass is 35.5. The number of alkyl halides is 1. The second kappa shape index (κ2) is 9.47. The van der Waals surface area contributed by atoms with Crippen LogP contribution in [0.3, 0.4) is 0 Å². The van der Waals surface area contributed by atoms with E-state index in [4.69, 9.17) is 16.3 Å². The van der Waals surface area contributed by atoms with Crippen LogP contribution in [0.4, 0.5) is 0 Å². The van der Waals surface area contributed by atoms with Gasteiger partial charge in [-0.1, -0.05) is 58.6 Å². The van der Waals surface area contributed by atoms with E-state index >= 15 is 0 Å². The summed E-state index contributed by atoms with van der Waals surface area (Å²) in [6.45, 7) is 9.59. The van der Waals surface area contributed by atoms with Crippen molar-refractivity contribution in [3.8, 4) is 0 Å². The summed E-state index contributed by atoms with van der Waals surface area (Å²) in [5.41, 5.74) is -0.106. The average Bonchev–Trinajstić information content (AvgIpc) is 2.27. The number of ether oxygens (including phenoxy) is 1. The smallest absolute Gasteiger partial charge is 0.133 e. The minimum Gasteiger partial charge on any atom is -0.362 e. The lowest BCUT2D eigenvalue weighted by Crippen LogP contribution is -2.19. The van der Waals surface area contributed by atoms with Crippen molar-refractivity contribution in [2.45, 2.75) is 65.4 Å². The Morgan fingerprint density at radius 3 is 2.27 bits per heavy atom. The molecule has 0 amide bonds. The summed E-state index contributed by atoms with van der Waals surface area (Å²) >= 11 is 6.14. The van der Waals surface area contributed by atoms with E-state index in [-0.39, 0.29) is 5.56 Å². The van der Waals surface area contributed by atoms with E-state index in [1.807, 2.05) is 0 Å². The fourth-order valence-electron chi connectivity index (χ4n) is 1.48. The normalized spacial score (nSPS) is 17.4. The molecule has 0 aliphatic heterocycles. The first kappa shape index (κ1) is 15.2. The van der Waals surface area contributed by atoms with Gasteiger partial charge in [-0.05, 0) is 24.7 Å². The van der Waals surface area contributed by atoms with Gasteiger partial charge in [-0.15, -0.1) is 0 Å². The van der Waals surface area contributed by atoms with Crippen LogP contribution in [-0.2, 0) is 4.74 Å². The molecule has 3 unspecified atom stereocenters. The summed E-state index contributed by atoms with van der Waals surface area (Å²) in [7, 11) is 0. The van der Waals surface area contributed by atoms with Crippen molar-refractivity contribution in [1.82, 2.24) is 0 Å². The maximum absolute atomic E-state index is 6.14. The third-order valence-corrected chi connectivity index (χ3v) is 3.68. The SMILES string of the molecule is CCCCC(CC)COC(Cl)C(C)CC. The fraction of sp³-hybridized carbons (Fsp3) is 1.00. The molecule has 1 nitrogen and oxygen atoms in total. The van der Waals surface area contributed by atoms with Crippen molar-refractivity contribution in [2.75, 3.05) is 6.61 Å². The Morgan fingerprint density at radius 1 is 1.13 bits per heavy atom. The summed E-state index contributed by atoms with van der Waals surface area (Å²) < 4.78 is 5.71. The molecule has 0 saturated heterocycles. The second-order valence-electron chi connectivity index (χ2n) is 4.49. The Hall–Kier alpha value is 0.250. The number of hydrogen-bond acceptors (Lipinski definition) is 1. The van der Waals surface area contributed by atoms with E-state index < -0.39 is 0 Å². The van der Waals surface area contributed by atoms with Crippen LogP contribution in [0.25, 0.3) is 0 Å². The molecule has 0 aromatic rings. The Kier molecular flexibility index (Phi) is 9.63. The van der Waals surface area contributed by atoms with Crippen LogP contribution in [0, 0.1) is 11.8 Å². The van der Waals surface area contributed by atoms with E-state index in [9.17, 15) is 0 Å². The van der Waals surface area contributed by atoms with Gasteiger partial charge < -0.3 is 4.74 Å². The van der Waals surface area contributed by atoms with Gasteiger partial charge >= 0.3 is 0 Å². The van der Waals surface area contributed by atoms with Gasteiger partial charge in [0.2, 0.25) is 0 Å². The maximum Gasteiger partial charge on any atom is 0.133 e. The molecule has 0 heterocycles. The number of halogens is 1. The Labute approximate surface area is 101 Å². The van der Waals surface area contributed by atoms with Crippen molar-refractivity contribution < 1.29 is 4.74 Å². The van der Waals surface area contributed by atoms with Gasteiger partial charge in [-0.3, -0.25) is 0 Å². The van der Waals surface area contributed by atoms with Gasteiger partial charge in [-0.2, -0.15) is 0 Å². The van der Waals surface area contributed by atoms with E-state index in [0.29, 0.717) is 11.8 Å². The molecule has 15 heavy (non-hydrogen) atoms. The number of hydrogen-bond donors (Lipinski definition) is 0. The van der Waals surface area contributed by atoms with Crippen molar-refractivity contribution in [1.29, 1.82) is 0 Å². The predicted octanol–water partition coefficient (Wildman–Crippen LogP) is 4.83. The van der Waals surface area contributed by atoms with Crippen LogP contribution >= 0.6 is 11.6 Å². The van der Waals surface area contributed by atoms with Crippen molar-refractivity contribution in [3.63, 3.8) is 0 Å². The number of unbranched alkanes of at least 4 members (excludes halogenated alkanes) is 1. The molecule has 0 bridgehead atoms. The predicted molar refractivity (Wildman–Crippen MR) is 68.4 cm³/mol. The molecule has 0 spiro atoms. The first-order valence-electron chi connectivity index (χ1n) is 6.41. The first-order valence-corrected chi connectivity index (χ1v) is 6.84. The molecular formula is C13H27ClO. The first-order chi connectivity index (χ1) is 7.15. The topological polar surface area (TPSA) is 9.23 Å². The highest BCUT2D eigenvalue weighted by Crippen LogP contribution is 2.19. The molecule has 2 heteroatoms. The lowest BCUT2D eigenvalue weighted by Gasteiger charge is -2.21. The molecule has 0 aromatic carbocycles. The van der Waals surface area contributed by atoms with Gasteiger partial charge in [0.15, 0.2) is 0 Å². The Balaban J connectivity index is 3.69. The zero-order valence-corrected chi connectivity index (χ0v) is 11.5. The molecule has 3 atom stereocenters. The van der Waals surface area contributed by atoms with Crippen LogP contribution < -0.4 is 0 Å². The average molecular weight is 235 g/mol. The summed E-state index contributed by atoms with van der Waals surface area (Å²) in [4.78, 5) is 0. The van der Waals surface area contributed by atoms with Crippen LogP contribution in [-0.4, -0.2) is 12.2 Å². The minimum atomic E-state index is -0.106. The minimum absolute atomic E-state index is 0.106. The Morgan fingerprint density at radius 2 is 1.80 bits per heavy atom. The highest BCUT2D eigenvalue weighted by molar-refractivity contribution is 6.19. The third-order valence-electron chi connectivity index (χ3n) is 3.13. The molecule has 0 aliphatic rings. The Bertz CT molecular complexity index is 138. The molecule has 0 radical (unpaired) electrons. The molecule has 0 fully saturated rings. The maximum atomic E-state index is 6.14. The van der Waals surface area contributed by atoms with Gasteiger partial charge in [0.05, 0.1) is 6.61 Å². The second-order valence-corrected chi connectivity index (χ2v) is 4.92.